The van der Waals surface area contributed by atoms with Gasteiger partial charge in [-0.15, -0.1) is 0 Å². The van der Waals surface area contributed by atoms with Crippen molar-refractivity contribution in [1.29, 1.82) is 0 Å². The quantitative estimate of drug-likeness (QED) is 0.686. The molecule has 0 heterocycles. The van der Waals surface area contributed by atoms with Gasteiger partial charge in [0.25, 0.3) is 0 Å². The maximum Gasteiger partial charge on any atom is 0.340 e. The lowest BCUT2D eigenvalue weighted by atomic mass is 10.1. The van der Waals surface area contributed by atoms with Crippen molar-refractivity contribution in [3.05, 3.63) is 59.7 Å². The molecule has 0 saturated carbocycles. The number of nitrogens with zero attached hydrogens (tertiary/aromatic N) is 1. The minimum absolute atomic E-state index is 0.194. The van der Waals surface area contributed by atoms with E-state index in [-0.39, 0.29) is 19.1 Å². The van der Waals surface area contributed by atoms with Gasteiger partial charge in [-0.3, -0.25) is 9.69 Å². The van der Waals surface area contributed by atoms with Crippen molar-refractivity contribution in [2.75, 3.05) is 32.1 Å². The predicted octanol–water partition coefficient (Wildman–Crippen LogP) is 3.33. The second kappa shape index (κ2) is 10.3. The van der Waals surface area contributed by atoms with Gasteiger partial charge in [0.15, 0.2) is 0 Å². The molecular weight excluding hydrogens is 344 g/mol. The van der Waals surface area contributed by atoms with Crippen molar-refractivity contribution in [1.82, 2.24) is 4.90 Å². The van der Waals surface area contributed by atoms with E-state index in [2.05, 4.69) is 5.32 Å². The van der Waals surface area contributed by atoms with Crippen molar-refractivity contribution < 1.29 is 19.1 Å². The number of anilines is 1. The molecular formula is C21H26N2O4. The first-order valence-corrected chi connectivity index (χ1v) is 8.99. The number of rotatable bonds is 9. The second-order valence-corrected chi connectivity index (χ2v) is 6.06. The molecule has 2 aromatic rings. The Kier molecular flexibility index (Phi) is 7.82. The highest BCUT2D eigenvalue weighted by molar-refractivity contribution is 6.01. The monoisotopic (exact) mass is 370 g/mol. The van der Waals surface area contributed by atoms with Crippen LogP contribution in [0, 0.1) is 0 Å². The summed E-state index contributed by atoms with van der Waals surface area (Å²) in [5, 5.41) is 2.79. The number of nitrogens with one attached hydrogen (secondary N) is 1. The van der Waals surface area contributed by atoms with E-state index >= 15 is 0 Å². The largest absolute Gasteiger partial charge is 0.494 e. The van der Waals surface area contributed by atoms with E-state index in [9.17, 15) is 9.59 Å². The molecule has 6 heteroatoms. The van der Waals surface area contributed by atoms with Gasteiger partial charge in [0.1, 0.15) is 5.75 Å². The van der Waals surface area contributed by atoms with Crippen molar-refractivity contribution >= 4 is 17.6 Å². The topological polar surface area (TPSA) is 67.9 Å². The molecule has 1 N–H and O–H groups in total. The van der Waals surface area contributed by atoms with E-state index in [1.807, 2.05) is 43.1 Å². The zero-order chi connectivity index (χ0) is 19.6. The first-order valence-electron chi connectivity index (χ1n) is 8.99. The molecule has 6 nitrogen and oxygen atoms in total. The van der Waals surface area contributed by atoms with Gasteiger partial charge in [-0.1, -0.05) is 24.3 Å². The lowest BCUT2D eigenvalue weighted by molar-refractivity contribution is -0.117. The number of benzene rings is 2. The minimum atomic E-state index is -0.448. The Hall–Kier alpha value is -2.86. The highest BCUT2D eigenvalue weighted by Crippen LogP contribution is 2.17. The Morgan fingerprint density at radius 1 is 1.00 bits per heavy atom. The van der Waals surface area contributed by atoms with Gasteiger partial charge in [-0.2, -0.15) is 0 Å². The smallest absolute Gasteiger partial charge is 0.340 e. The zero-order valence-corrected chi connectivity index (χ0v) is 16.0. The number of amides is 1. The number of ether oxygens (including phenoxy) is 2. The fourth-order valence-electron chi connectivity index (χ4n) is 2.64. The molecule has 0 bridgehead atoms. The molecule has 0 saturated heterocycles. The van der Waals surface area contributed by atoms with Crippen molar-refractivity contribution in [3.8, 4) is 5.75 Å². The van der Waals surface area contributed by atoms with E-state index in [1.54, 1.807) is 31.2 Å². The number of hydrogen-bond acceptors (Lipinski definition) is 5. The van der Waals surface area contributed by atoms with Crippen LogP contribution in [0.4, 0.5) is 5.69 Å². The summed E-state index contributed by atoms with van der Waals surface area (Å²) in [6, 6.07) is 14.6. The highest BCUT2D eigenvalue weighted by atomic mass is 16.5. The average Bonchev–Trinajstić information content (AvgIpc) is 2.64. The molecule has 0 aromatic heterocycles. The zero-order valence-electron chi connectivity index (χ0n) is 16.0. The van der Waals surface area contributed by atoms with Gasteiger partial charge < -0.3 is 14.8 Å². The van der Waals surface area contributed by atoms with Gasteiger partial charge >= 0.3 is 5.97 Å². The summed E-state index contributed by atoms with van der Waals surface area (Å²) in [7, 11) is 1.87. The number of likely N-dealkylation sites (N-methyl/N-ethyl adjacent to an activating group) is 1. The standard InChI is InChI=1S/C21H26N2O4/c1-4-26-17-12-10-16(11-13-17)14-23(3)15-20(24)22-19-9-7-6-8-18(19)21(25)27-5-2/h6-13H,4-5,14-15H2,1-3H3,(H,22,24). The van der Waals surface area contributed by atoms with Crippen LogP contribution in [0.2, 0.25) is 0 Å². The molecule has 0 atom stereocenters. The van der Waals surface area contributed by atoms with Crippen LogP contribution in [0.3, 0.4) is 0 Å². The van der Waals surface area contributed by atoms with E-state index in [1.165, 1.54) is 0 Å². The number of hydrogen-bond donors (Lipinski definition) is 1. The maximum atomic E-state index is 12.4. The summed E-state index contributed by atoms with van der Waals surface area (Å²) < 4.78 is 10.5. The van der Waals surface area contributed by atoms with Crippen LogP contribution >= 0.6 is 0 Å². The summed E-state index contributed by atoms with van der Waals surface area (Å²) in [4.78, 5) is 26.3. The van der Waals surface area contributed by atoms with E-state index < -0.39 is 5.97 Å². The minimum Gasteiger partial charge on any atom is -0.494 e. The summed E-state index contributed by atoms with van der Waals surface area (Å²) in [6.45, 7) is 5.43. The molecule has 27 heavy (non-hydrogen) atoms. The van der Waals surface area contributed by atoms with Crippen LogP contribution in [-0.2, 0) is 16.1 Å². The van der Waals surface area contributed by atoms with Gasteiger partial charge in [0, 0.05) is 6.54 Å². The summed E-state index contributed by atoms with van der Waals surface area (Å²) in [5.74, 6) is 0.188. The lowest BCUT2D eigenvalue weighted by Gasteiger charge is -2.17. The van der Waals surface area contributed by atoms with Crippen LogP contribution in [0.1, 0.15) is 29.8 Å². The molecule has 0 aliphatic carbocycles. The third-order valence-corrected chi connectivity index (χ3v) is 3.80. The number of para-hydroxylation sites is 1. The second-order valence-electron chi connectivity index (χ2n) is 6.06. The van der Waals surface area contributed by atoms with E-state index in [0.717, 1.165) is 11.3 Å². The summed E-state index contributed by atoms with van der Waals surface area (Å²) in [6.07, 6.45) is 0. The normalized spacial score (nSPS) is 10.5. The Bertz CT molecular complexity index is 759. The number of esters is 1. The van der Waals surface area contributed by atoms with E-state index in [4.69, 9.17) is 9.47 Å². The van der Waals surface area contributed by atoms with Crippen LogP contribution in [-0.4, -0.2) is 43.6 Å². The molecule has 0 aliphatic heterocycles. The maximum absolute atomic E-state index is 12.4. The fourth-order valence-corrected chi connectivity index (χ4v) is 2.64. The lowest BCUT2D eigenvalue weighted by Crippen LogP contribution is -2.30. The number of carbonyl (C=O) groups is 2. The van der Waals surface area contributed by atoms with Gasteiger partial charge in [0.2, 0.25) is 5.91 Å². The van der Waals surface area contributed by atoms with Crippen molar-refractivity contribution in [2.24, 2.45) is 0 Å². The molecule has 2 aromatic carbocycles. The molecule has 0 aliphatic rings. The Labute approximate surface area is 160 Å². The Morgan fingerprint density at radius 3 is 2.37 bits per heavy atom. The SMILES string of the molecule is CCOC(=O)c1ccccc1NC(=O)CN(C)Cc1ccc(OCC)cc1. The molecule has 1 amide bonds. The average molecular weight is 370 g/mol. The van der Waals surface area contributed by atoms with Gasteiger partial charge in [-0.05, 0) is 50.7 Å². The van der Waals surface area contributed by atoms with Crippen LogP contribution in [0.5, 0.6) is 5.75 Å². The highest BCUT2D eigenvalue weighted by Gasteiger charge is 2.15. The summed E-state index contributed by atoms with van der Waals surface area (Å²) in [5.41, 5.74) is 1.89. The van der Waals surface area contributed by atoms with Crippen LogP contribution < -0.4 is 10.1 Å². The first-order chi connectivity index (χ1) is 13.0. The Balaban J connectivity index is 1.92. The first kappa shape index (κ1) is 20.5. The van der Waals surface area contributed by atoms with E-state index in [0.29, 0.717) is 24.4 Å². The van der Waals surface area contributed by atoms with Crippen LogP contribution in [0.15, 0.2) is 48.5 Å². The van der Waals surface area contributed by atoms with Crippen molar-refractivity contribution in [3.63, 3.8) is 0 Å². The molecule has 0 spiro atoms. The summed E-state index contributed by atoms with van der Waals surface area (Å²) >= 11 is 0. The van der Waals surface area contributed by atoms with Crippen LogP contribution in [0.25, 0.3) is 0 Å². The molecule has 144 valence electrons. The van der Waals surface area contributed by atoms with Gasteiger partial charge in [0.05, 0.1) is 31.0 Å². The van der Waals surface area contributed by atoms with Crippen molar-refractivity contribution in [2.45, 2.75) is 20.4 Å². The van der Waals surface area contributed by atoms with Gasteiger partial charge in [-0.25, -0.2) is 4.79 Å². The molecule has 2 rings (SSSR count). The fraction of sp³-hybridized carbons (Fsp3) is 0.333. The molecule has 0 fully saturated rings. The third kappa shape index (κ3) is 6.42. The molecule has 0 radical (unpaired) electrons. The third-order valence-electron chi connectivity index (χ3n) is 3.80. The molecule has 0 unspecified atom stereocenters. The predicted molar refractivity (Wildman–Crippen MR) is 105 cm³/mol. The number of carbonyl (C=O) groups excluding carboxylic acids is 2. The Morgan fingerprint density at radius 2 is 1.70 bits per heavy atom.